The minimum atomic E-state index is -0.0252. The predicted octanol–water partition coefficient (Wildman–Crippen LogP) is 1.28. The van der Waals surface area contributed by atoms with E-state index in [1.165, 1.54) is 0 Å². The Balaban J connectivity index is 2.95. The highest BCUT2D eigenvalue weighted by Crippen LogP contribution is 2.17. The second-order valence-electron chi connectivity index (χ2n) is 2.52. The van der Waals surface area contributed by atoms with Crippen LogP contribution in [-0.4, -0.2) is 16.7 Å². The average molecular weight is 167 g/mol. The molecule has 0 aromatic carbocycles. The minimum Gasteiger partial charge on any atom is -0.493 e. The number of aromatic nitrogens is 1. The van der Waals surface area contributed by atoms with Crippen molar-refractivity contribution in [3.8, 4) is 5.75 Å². The molecule has 3 heteroatoms. The van der Waals surface area contributed by atoms with Crippen molar-refractivity contribution < 1.29 is 9.84 Å². The molecule has 0 aliphatic heterocycles. The highest BCUT2D eigenvalue weighted by atomic mass is 16.5. The summed E-state index contributed by atoms with van der Waals surface area (Å²) in [6.45, 7) is 4.39. The van der Waals surface area contributed by atoms with Crippen molar-refractivity contribution in [1.82, 2.24) is 4.98 Å². The Morgan fingerprint density at radius 2 is 2.33 bits per heavy atom. The van der Waals surface area contributed by atoms with Crippen LogP contribution in [0.5, 0.6) is 5.75 Å². The topological polar surface area (TPSA) is 42.4 Å². The third kappa shape index (κ3) is 1.95. The standard InChI is InChI=1S/C9H13NO2/c1-3-12-9-4-7(2)10-5-8(9)6-11/h4-5,11H,3,6H2,1-2H3. The van der Waals surface area contributed by atoms with Crippen LogP contribution >= 0.6 is 0 Å². The van der Waals surface area contributed by atoms with Gasteiger partial charge in [-0.1, -0.05) is 0 Å². The Kier molecular flexibility index (Phi) is 3.05. The van der Waals surface area contributed by atoms with Gasteiger partial charge in [-0.15, -0.1) is 0 Å². The summed E-state index contributed by atoms with van der Waals surface area (Å²) in [5.41, 5.74) is 1.64. The van der Waals surface area contributed by atoms with Gasteiger partial charge in [0, 0.05) is 23.5 Å². The molecule has 66 valence electrons. The van der Waals surface area contributed by atoms with Crippen molar-refractivity contribution in [2.75, 3.05) is 6.61 Å². The van der Waals surface area contributed by atoms with Crippen molar-refractivity contribution in [3.05, 3.63) is 23.5 Å². The highest BCUT2D eigenvalue weighted by molar-refractivity contribution is 5.32. The van der Waals surface area contributed by atoms with Gasteiger partial charge in [-0.25, -0.2) is 0 Å². The number of rotatable bonds is 3. The molecule has 1 N–H and O–H groups in total. The third-order valence-corrected chi connectivity index (χ3v) is 1.55. The summed E-state index contributed by atoms with van der Waals surface area (Å²) in [6, 6.07) is 1.83. The van der Waals surface area contributed by atoms with E-state index in [0.717, 1.165) is 17.0 Å². The largest absolute Gasteiger partial charge is 0.493 e. The van der Waals surface area contributed by atoms with E-state index >= 15 is 0 Å². The first-order chi connectivity index (χ1) is 5.77. The molecule has 0 radical (unpaired) electrons. The zero-order valence-corrected chi connectivity index (χ0v) is 7.37. The van der Waals surface area contributed by atoms with E-state index in [1.807, 2.05) is 19.9 Å². The highest BCUT2D eigenvalue weighted by Gasteiger charge is 2.02. The lowest BCUT2D eigenvalue weighted by atomic mass is 10.2. The molecular formula is C9H13NO2. The normalized spacial score (nSPS) is 9.92. The fraction of sp³-hybridized carbons (Fsp3) is 0.444. The average Bonchev–Trinajstić information content (AvgIpc) is 2.05. The maximum absolute atomic E-state index is 8.92. The third-order valence-electron chi connectivity index (χ3n) is 1.55. The van der Waals surface area contributed by atoms with Crippen molar-refractivity contribution in [2.24, 2.45) is 0 Å². The summed E-state index contributed by atoms with van der Waals surface area (Å²) < 4.78 is 5.31. The Bertz CT molecular complexity index is 261. The summed E-state index contributed by atoms with van der Waals surface area (Å²) in [6.07, 6.45) is 1.64. The van der Waals surface area contributed by atoms with Gasteiger partial charge in [0.1, 0.15) is 5.75 Å². The fourth-order valence-corrected chi connectivity index (χ4v) is 0.972. The van der Waals surface area contributed by atoms with Crippen LogP contribution in [0.1, 0.15) is 18.2 Å². The first-order valence-corrected chi connectivity index (χ1v) is 3.97. The van der Waals surface area contributed by atoms with Crippen LogP contribution in [0, 0.1) is 6.92 Å². The molecule has 1 heterocycles. The van der Waals surface area contributed by atoms with Crippen molar-refractivity contribution in [1.29, 1.82) is 0 Å². The molecule has 0 saturated carbocycles. The summed E-state index contributed by atoms with van der Waals surface area (Å²) in [5, 5.41) is 8.92. The second kappa shape index (κ2) is 4.07. The van der Waals surface area contributed by atoms with Crippen LogP contribution < -0.4 is 4.74 Å². The molecule has 1 aromatic heterocycles. The lowest BCUT2D eigenvalue weighted by Crippen LogP contribution is -1.98. The zero-order chi connectivity index (χ0) is 8.97. The summed E-state index contributed by atoms with van der Waals surface area (Å²) in [4.78, 5) is 4.05. The van der Waals surface area contributed by atoms with E-state index < -0.39 is 0 Å². The van der Waals surface area contributed by atoms with Gasteiger partial charge >= 0.3 is 0 Å². The molecule has 0 aliphatic rings. The SMILES string of the molecule is CCOc1cc(C)ncc1CO. The van der Waals surface area contributed by atoms with E-state index in [4.69, 9.17) is 9.84 Å². The van der Waals surface area contributed by atoms with E-state index in [9.17, 15) is 0 Å². The number of nitrogens with zero attached hydrogens (tertiary/aromatic N) is 1. The van der Waals surface area contributed by atoms with E-state index in [1.54, 1.807) is 6.20 Å². The zero-order valence-electron chi connectivity index (χ0n) is 7.37. The maximum Gasteiger partial charge on any atom is 0.128 e. The smallest absolute Gasteiger partial charge is 0.128 e. The molecule has 0 bridgehead atoms. The van der Waals surface area contributed by atoms with Gasteiger partial charge in [-0.3, -0.25) is 4.98 Å². The quantitative estimate of drug-likeness (QED) is 0.737. The van der Waals surface area contributed by atoms with Crippen LogP contribution in [0.15, 0.2) is 12.3 Å². The number of hydrogen-bond acceptors (Lipinski definition) is 3. The van der Waals surface area contributed by atoms with Gasteiger partial charge < -0.3 is 9.84 Å². The van der Waals surface area contributed by atoms with Gasteiger partial charge in [0.25, 0.3) is 0 Å². The summed E-state index contributed by atoms with van der Waals surface area (Å²) in [7, 11) is 0. The van der Waals surface area contributed by atoms with Gasteiger partial charge in [0.2, 0.25) is 0 Å². The Morgan fingerprint density at radius 1 is 1.58 bits per heavy atom. The molecule has 3 nitrogen and oxygen atoms in total. The van der Waals surface area contributed by atoms with E-state index in [2.05, 4.69) is 4.98 Å². The van der Waals surface area contributed by atoms with Crippen molar-refractivity contribution >= 4 is 0 Å². The van der Waals surface area contributed by atoms with Gasteiger partial charge in [0.15, 0.2) is 0 Å². The molecular weight excluding hydrogens is 154 g/mol. The van der Waals surface area contributed by atoms with Crippen LogP contribution in [0.2, 0.25) is 0 Å². The van der Waals surface area contributed by atoms with E-state index in [-0.39, 0.29) is 6.61 Å². The number of ether oxygens (including phenoxy) is 1. The Hall–Kier alpha value is -1.09. The molecule has 1 rings (SSSR count). The predicted molar refractivity (Wildman–Crippen MR) is 46.1 cm³/mol. The number of aliphatic hydroxyl groups excluding tert-OH is 1. The van der Waals surface area contributed by atoms with Crippen LogP contribution in [0.25, 0.3) is 0 Å². The molecule has 0 atom stereocenters. The monoisotopic (exact) mass is 167 g/mol. The molecule has 0 saturated heterocycles. The molecule has 0 aliphatic carbocycles. The maximum atomic E-state index is 8.92. The second-order valence-corrected chi connectivity index (χ2v) is 2.52. The number of aryl methyl sites for hydroxylation is 1. The van der Waals surface area contributed by atoms with Gasteiger partial charge in [-0.2, -0.15) is 0 Å². The van der Waals surface area contributed by atoms with Crippen molar-refractivity contribution in [2.45, 2.75) is 20.5 Å². The van der Waals surface area contributed by atoms with Crippen molar-refractivity contribution in [3.63, 3.8) is 0 Å². The summed E-state index contributed by atoms with van der Waals surface area (Å²) in [5.74, 6) is 0.729. The van der Waals surface area contributed by atoms with Gasteiger partial charge in [0.05, 0.1) is 13.2 Å². The van der Waals surface area contributed by atoms with Crippen LogP contribution in [0.4, 0.5) is 0 Å². The molecule has 0 fully saturated rings. The van der Waals surface area contributed by atoms with Crippen LogP contribution in [0.3, 0.4) is 0 Å². The molecule has 12 heavy (non-hydrogen) atoms. The molecule has 1 aromatic rings. The molecule has 0 unspecified atom stereocenters. The first kappa shape index (κ1) is 9.00. The summed E-state index contributed by atoms with van der Waals surface area (Å²) >= 11 is 0. The number of pyridine rings is 1. The first-order valence-electron chi connectivity index (χ1n) is 3.97. The van der Waals surface area contributed by atoms with Gasteiger partial charge in [-0.05, 0) is 13.8 Å². The number of aliphatic hydroxyl groups is 1. The Morgan fingerprint density at radius 3 is 2.92 bits per heavy atom. The number of hydrogen-bond donors (Lipinski definition) is 1. The molecule has 0 spiro atoms. The Labute approximate surface area is 72.0 Å². The lowest BCUT2D eigenvalue weighted by Gasteiger charge is -2.07. The van der Waals surface area contributed by atoms with Crippen LogP contribution in [-0.2, 0) is 6.61 Å². The van der Waals surface area contributed by atoms with E-state index in [0.29, 0.717) is 6.61 Å². The molecule has 0 amide bonds. The lowest BCUT2D eigenvalue weighted by molar-refractivity contribution is 0.266. The fourth-order valence-electron chi connectivity index (χ4n) is 0.972. The minimum absolute atomic E-state index is 0.0252.